The summed E-state index contributed by atoms with van der Waals surface area (Å²) in [5.74, 6) is 0. The average molecular weight is 269 g/mol. The van der Waals surface area contributed by atoms with Gasteiger partial charge in [0, 0.05) is 17.1 Å². The Morgan fingerprint density at radius 3 is 2.33 bits per heavy atom. The SMILES string of the molecule is CCNC(CCN(C)C(C)C)c1ccc(Cl)cc1. The molecule has 0 radical (unpaired) electrons. The van der Waals surface area contributed by atoms with Gasteiger partial charge in [-0.3, -0.25) is 0 Å². The van der Waals surface area contributed by atoms with E-state index in [0.29, 0.717) is 12.1 Å². The van der Waals surface area contributed by atoms with Crippen molar-refractivity contribution in [3.05, 3.63) is 34.9 Å². The van der Waals surface area contributed by atoms with Crippen molar-refractivity contribution < 1.29 is 0 Å². The van der Waals surface area contributed by atoms with E-state index in [1.165, 1.54) is 5.56 Å². The topological polar surface area (TPSA) is 15.3 Å². The molecular weight excluding hydrogens is 244 g/mol. The van der Waals surface area contributed by atoms with Crippen LogP contribution in [0, 0.1) is 0 Å². The lowest BCUT2D eigenvalue weighted by molar-refractivity contribution is 0.257. The van der Waals surface area contributed by atoms with Crippen molar-refractivity contribution in [3.8, 4) is 0 Å². The molecule has 0 fully saturated rings. The molecule has 1 aromatic rings. The number of rotatable bonds is 7. The van der Waals surface area contributed by atoms with Crippen LogP contribution in [0.15, 0.2) is 24.3 Å². The smallest absolute Gasteiger partial charge is 0.0406 e. The Morgan fingerprint density at radius 1 is 1.22 bits per heavy atom. The highest BCUT2D eigenvalue weighted by Crippen LogP contribution is 2.19. The monoisotopic (exact) mass is 268 g/mol. The van der Waals surface area contributed by atoms with Gasteiger partial charge < -0.3 is 10.2 Å². The lowest BCUT2D eigenvalue weighted by Gasteiger charge is -2.25. The first-order valence-electron chi connectivity index (χ1n) is 6.73. The highest BCUT2D eigenvalue weighted by Gasteiger charge is 2.12. The molecule has 0 spiro atoms. The molecule has 1 aromatic carbocycles. The Balaban J connectivity index is 2.62. The lowest BCUT2D eigenvalue weighted by atomic mass is 10.0. The molecule has 1 N–H and O–H groups in total. The zero-order valence-corrected chi connectivity index (χ0v) is 12.7. The molecule has 102 valence electrons. The predicted molar refractivity (Wildman–Crippen MR) is 80.3 cm³/mol. The first kappa shape index (κ1) is 15.5. The van der Waals surface area contributed by atoms with Gasteiger partial charge in [0.15, 0.2) is 0 Å². The molecule has 0 saturated heterocycles. The quantitative estimate of drug-likeness (QED) is 0.811. The van der Waals surface area contributed by atoms with Crippen LogP contribution in [0.2, 0.25) is 5.02 Å². The molecule has 2 nitrogen and oxygen atoms in total. The Kier molecular flexibility index (Phi) is 6.69. The number of benzene rings is 1. The minimum atomic E-state index is 0.411. The van der Waals surface area contributed by atoms with Crippen molar-refractivity contribution in [3.63, 3.8) is 0 Å². The van der Waals surface area contributed by atoms with Gasteiger partial charge in [-0.15, -0.1) is 0 Å². The lowest BCUT2D eigenvalue weighted by Crippen LogP contribution is -2.31. The van der Waals surface area contributed by atoms with Crippen LogP contribution in [0.25, 0.3) is 0 Å². The molecular formula is C15H25ClN2. The van der Waals surface area contributed by atoms with Crippen molar-refractivity contribution in [2.45, 2.75) is 39.3 Å². The zero-order valence-electron chi connectivity index (χ0n) is 11.9. The molecule has 0 aliphatic heterocycles. The Labute approximate surface area is 116 Å². The van der Waals surface area contributed by atoms with Crippen LogP contribution in [-0.4, -0.2) is 31.1 Å². The number of hydrogen-bond acceptors (Lipinski definition) is 2. The van der Waals surface area contributed by atoms with Gasteiger partial charge in [0.2, 0.25) is 0 Å². The normalized spacial score (nSPS) is 13.3. The second kappa shape index (κ2) is 7.78. The Morgan fingerprint density at radius 2 is 1.83 bits per heavy atom. The maximum atomic E-state index is 5.93. The first-order chi connectivity index (χ1) is 8.54. The molecule has 0 aliphatic carbocycles. The van der Waals surface area contributed by atoms with E-state index in [0.717, 1.165) is 24.5 Å². The van der Waals surface area contributed by atoms with E-state index in [4.69, 9.17) is 11.6 Å². The molecule has 3 heteroatoms. The summed E-state index contributed by atoms with van der Waals surface area (Å²) in [7, 11) is 2.18. The molecule has 18 heavy (non-hydrogen) atoms. The van der Waals surface area contributed by atoms with E-state index in [2.05, 4.69) is 50.2 Å². The van der Waals surface area contributed by atoms with E-state index < -0.39 is 0 Å². The van der Waals surface area contributed by atoms with Gasteiger partial charge >= 0.3 is 0 Å². The van der Waals surface area contributed by atoms with Crippen LogP contribution in [0.1, 0.15) is 38.8 Å². The fourth-order valence-corrected chi connectivity index (χ4v) is 2.04. The van der Waals surface area contributed by atoms with Crippen molar-refractivity contribution >= 4 is 11.6 Å². The van der Waals surface area contributed by atoms with Crippen molar-refractivity contribution in [2.24, 2.45) is 0 Å². The van der Waals surface area contributed by atoms with Crippen LogP contribution < -0.4 is 5.32 Å². The molecule has 0 saturated carbocycles. The van der Waals surface area contributed by atoms with Crippen LogP contribution in [-0.2, 0) is 0 Å². The fraction of sp³-hybridized carbons (Fsp3) is 0.600. The minimum absolute atomic E-state index is 0.411. The number of nitrogens with zero attached hydrogens (tertiary/aromatic N) is 1. The van der Waals surface area contributed by atoms with Crippen LogP contribution in [0.4, 0.5) is 0 Å². The number of nitrogens with one attached hydrogen (secondary N) is 1. The number of hydrogen-bond donors (Lipinski definition) is 1. The Hall–Kier alpha value is -0.570. The first-order valence-corrected chi connectivity index (χ1v) is 7.11. The maximum absolute atomic E-state index is 5.93. The van der Waals surface area contributed by atoms with Gasteiger partial charge in [0.05, 0.1) is 0 Å². The van der Waals surface area contributed by atoms with Gasteiger partial charge in [-0.25, -0.2) is 0 Å². The highest BCUT2D eigenvalue weighted by molar-refractivity contribution is 6.30. The second-order valence-electron chi connectivity index (χ2n) is 5.02. The van der Waals surface area contributed by atoms with Gasteiger partial charge in [0.25, 0.3) is 0 Å². The van der Waals surface area contributed by atoms with E-state index in [1.807, 2.05) is 12.1 Å². The molecule has 0 aromatic heterocycles. The molecule has 0 bridgehead atoms. The summed E-state index contributed by atoms with van der Waals surface area (Å²) in [5.41, 5.74) is 1.32. The maximum Gasteiger partial charge on any atom is 0.0406 e. The van der Waals surface area contributed by atoms with Gasteiger partial charge in [0.1, 0.15) is 0 Å². The van der Waals surface area contributed by atoms with Gasteiger partial charge in [-0.2, -0.15) is 0 Å². The van der Waals surface area contributed by atoms with Gasteiger partial charge in [-0.05, 0) is 58.1 Å². The summed E-state index contributed by atoms with van der Waals surface area (Å²) < 4.78 is 0. The molecule has 0 amide bonds. The molecule has 0 aliphatic rings. The third-order valence-corrected chi connectivity index (χ3v) is 3.63. The number of halogens is 1. The molecule has 1 atom stereocenters. The summed E-state index contributed by atoms with van der Waals surface area (Å²) in [6, 6.07) is 9.17. The average Bonchev–Trinajstić information content (AvgIpc) is 2.35. The summed E-state index contributed by atoms with van der Waals surface area (Å²) in [6.45, 7) is 8.68. The highest BCUT2D eigenvalue weighted by atomic mass is 35.5. The molecule has 1 rings (SSSR count). The van der Waals surface area contributed by atoms with Crippen molar-refractivity contribution in [1.29, 1.82) is 0 Å². The third-order valence-electron chi connectivity index (χ3n) is 3.37. The van der Waals surface area contributed by atoms with Crippen LogP contribution in [0.3, 0.4) is 0 Å². The second-order valence-corrected chi connectivity index (χ2v) is 5.46. The molecule has 1 unspecified atom stereocenters. The van der Waals surface area contributed by atoms with Crippen LogP contribution in [0.5, 0.6) is 0 Å². The van der Waals surface area contributed by atoms with E-state index in [-0.39, 0.29) is 0 Å². The minimum Gasteiger partial charge on any atom is -0.310 e. The summed E-state index contributed by atoms with van der Waals surface area (Å²) in [6.07, 6.45) is 1.12. The van der Waals surface area contributed by atoms with E-state index >= 15 is 0 Å². The largest absolute Gasteiger partial charge is 0.310 e. The van der Waals surface area contributed by atoms with Crippen molar-refractivity contribution in [1.82, 2.24) is 10.2 Å². The van der Waals surface area contributed by atoms with Crippen molar-refractivity contribution in [2.75, 3.05) is 20.1 Å². The summed E-state index contributed by atoms with van der Waals surface area (Å²) in [5, 5.41) is 4.34. The van der Waals surface area contributed by atoms with Gasteiger partial charge in [-0.1, -0.05) is 30.7 Å². The molecule has 0 heterocycles. The third kappa shape index (κ3) is 4.97. The van der Waals surface area contributed by atoms with E-state index in [9.17, 15) is 0 Å². The summed E-state index contributed by atoms with van der Waals surface area (Å²) in [4.78, 5) is 2.38. The fourth-order valence-electron chi connectivity index (χ4n) is 1.92. The van der Waals surface area contributed by atoms with E-state index in [1.54, 1.807) is 0 Å². The zero-order chi connectivity index (χ0) is 13.5. The Bertz CT molecular complexity index is 335. The standard InChI is InChI=1S/C15H25ClN2/c1-5-17-15(10-11-18(4)12(2)3)13-6-8-14(16)9-7-13/h6-9,12,15,17H,5,10-11H2,1-4H3. The summed E-state index contributed by atoms with van der Waals surface area (Å²) >= 11 is 5.93. The van der Waals surface area contributed by atoms with Crippen LogP contribution >= 0.6 is 11.6 Å². The predicted octanol–water partition coefficient (Wildman–Crippen LogP) is 3.72.